The van der Waals surface area contributed by atoms with Gasteiger partial charge in [0.1, 0.15) is 5.69 Å². The summed E-state index contributed by atoms with van der Waals surface area (Å²) in [5, 5.41) is 6.03. The number of anilines is 1. The van der Waals surface area contributed by atoms with Crippen LogP contribution in [0.25, 0.3) is 5.69 Å². The van der Waals surface area contributed by atoms with Gasteiger partial charge in [-0.3, -0.25) is 14.3 Å². The Balaban J connectivity index is 1.92. The van der Waals surface area contributed by atoms with Crippen molar-refractivity contribution in [1.82, 2.24) is 14.7 Å². The number of carbonyl (C=O) groups excluding carboxylic acids is 1. The fourth-order valence-electron chi connectivity index (χ4n) is 3.00. The third kappa shape index (κ3) is 2.94. The molecule has 2 heterocycles. The number of hydrogen-bond donors (Lipinski definition) is 2. The van der Waals surface area contributed by atoms with Crippen LogP contribution in [0.4, 0.5) is 5.69 Å². The zero-order valence-corrected chi connectivity index (χ0v) is 13.5. The third-order valence-corrected chi connectivity index (χ3v) is 4.43. The van der Waals surface area contributed by atoms with E-state index < -0.39 is 0 Å². The second-order valence-corrected chi connectivity index (χ2v) is 5.93. The van der Waals surface area contributed by atoms with E-state index in [1.165, 1.54) is 0 Å². The van der Waals surface area contributed by atoms with Gasteiger partial charge in [0.25, 0.3) is 5.56 Å². The Bertz CT molecular complexity index is 755. The minimum absolute atomic E-state index is 0.129. The molecule has 0 bridgehead atoms. The fraction of sp³-hybridized carbons (Fsp3) is 0.412. The summed E-state index contributed by atoms with van der Waals surface area (Å²) in [5.74, 6) is -0.129. The number of amides is 1. The average molecular weight is 314 g/mol. The first-order chi connectivity index (χ1) is 11.1. The largest absolute Gasteiger partial charge is 0.319 e. The quantitative estimate of drug-likeness (QED) is 0.903. The summed E-state index contributed by atoms with van der Waals surface area (Å²) in [5.41, 5.74) is 1.66. The monoisotopic (exact) mass is 314 g/mol. The number of piperidine rings is 1. The summed E-state index contributed by atoms with van der Waals surface area (Å²) in [6.45, 7) is 2.69. The highest BCUT2D eigenvalue weighted by atomic mass is 16.2. The zero-order chi connectivity index (χ0) is 16.4. The van der Waals surface area contributed by atoms with E-state index in [1.54, 1.807) is 9.36 Å². The van der Waals surface area contributed by atoms with Gasteiger partial charge in [0.05, 0.1) is 17.4 Å². The summed E-state index contributed by atoms with van der Waals surface area (Å²) in [6.07, 6.45) is 2.94. The average Bonchev–Trinajstić information content (AvgIpc) is 2.80. The molecule has 2 aromatic rings. The van der Waals surface area contributed by atoms with Crippen molar-refractivity contribution in [3.05, 3.63) is 46.4 Å². The highest BCUT2D eigenvalue weighted by Gasteiger charge is 2.24. The molecule has 6 heteroatoms. The van der Waals surface area contributed by atoms with Crippen LogP contribution < -0.4 is 16.2 Å². The molecule has 0 aliphatic carbocycles. The molecule has 23 heavy (non-hydrogen) atoms. The predicted molar refractivity (Wildman–Crippen MR) is 90.0 cm³/mol. The number of nitrogens with zero attached hydrogens (tertiary/aromatic N) is 2. The fourth-order valence-corrected chi connectivity index (χ4v) is 3.00. The lowest BCUT2D eigenvalue weighted by Gasteiger charge is -2.22. The Labute approximate surface area is 135 Å². The van der Waals surface area contributed by atoms with Crippen LogP contribution in [-0.2, 0) is 11.8 Å². The van der Waals surface area contributed by atoms with Crippen molar-refractivity contribution in [3.63, 3.8) is 0 Å². The van der Waals surface area contributed by atoms with Gasteiger partial charge in [0.2, 0.25) is 5.91 Å². The first kappa shape index (κ1) is 15.6. The van der Waals surface area contributed by atoms with Crippen molar-refractivity contribution < 1.29 is 4.79 Å². The van der Waals surface area contributed by atoms with Crippen LogP contribution in [0.5, 0.6) is 0 Å². The lowest BCUT2D eigenvalue weighted by Crippen LogP contribution is -2.44. The predicted octanol–water partition coefficient (Wildman–Crippen LogP) is 1.57. The smallest absolute Gasteiger partial charge is 0.295 e. The number of benzene rings is 1. The van der Waals surface area contributed by atoms with Crippen LogP contribution in [0, 0.1) is 6.92 Å². The number of aromatic nitrogens is 2. The van der Waals surface area contributed by atoms with E-state index in [2.05, 4.69) is 10.6 Å². The maximum atomic E-state index is 12.7. The van der Waals surface area contributed by atoms with Gasteiger partial charge in [-0.25, -0.2) is 4.68 Å². The molecule has 1 aromatic heterocycles. The van der Waals surface area contributed by atoms with E-state index in [9.17, 15) is 9.59 Å². The molecule has 1 fully saturated rings. The number of rotatable bonds is 3. The maximum Gasteiger partial charge on any atom is 0.295 e. The highest BCUT2D eigenvalue weighted by molar-refractivity contribution is 5.95. The molecule has 1 saturated heterocycles. The lowest BCUT2D eigenvalue weighted by molar-refractivity contribution is -0.118. The standard InChI is InChI=1S/C17H22N4O2/c1-12-15(19-16(22)14-10-6-7-11-18-14)17(23)21(20(12)2)13-8-4-3-5-9-13/h3-5,8-9,14,18H,6-7,10-11H2,1-2H3,(H,19,22). The summed E-state index contributed by atoms with van der Waals surface area (Å²) < 4.78 is 3.33. The second kappa shape index (κ2) is 6.42. The Morgan fingerprint density at radius 3 is 2.65 bits per heavy atom. The molecule has 0 spiro atoms. The van der Waals surface area contributed by atoms with Crippen molar-refractivity contribution >= 4 is 11.6 Å². The van der Waals surface area contributed by atoms with Crippen LogP contribution >= 0.6 is 0 Å². The van der Waals surface area contributed by atoms with Crippen molar-refractivity contribution in [3.8, 4) is 5.69 Å². The molecule has 1 aliphatic heterocycles. The number of nitrogens with one attached hydrogen (secondary N) is 2. The topological polar surface area (TPSA) is 68.1 Å². The van der Waals surface area contributed by atoms with Crippen molar-refractivity contribution in [2.45, 2.75) is 32.2 Å². The summed E-state index contributed by atoms with van der Waals surface area (Å²) in [7, 11) is 1.82. The first-order valence-corrected chi connectivity index (χ1v) is 7.98. The van der Waals surface area contributed by atoms with E-state index in [0.29, 0.717) is 5.69 Å². The number of carbonyl (C=O) groups is 1. The minimum atomic E-state index is -0.215. The van der Waals surface area contributed by atoms with Crippen LogP contribution in [0.2, 0.25) is 0 Å². The SMILES string of the molecule is Cc1c(NC(=O)C2CCCCN2)c(=O)n(-c2ccccc2)n1C. The van der Waals surface area contributed by atoms with Crippen molar-refractivity contribution in [1.29, 1.82) is 0 Å². The van der Waals surface area contributed by atoms with E-state index in [4.69, 9.17) is 0 Å². The first-order valence-electron chi connectivity index (χ1n) is 7.98. The molecule has 0 radical (unpaired) electrons. The molecule has 1 unspecified atom stereocenters. The molecule has 1 amide bonds. The number of hydrogen-bond acceptors (Lipinski definition) is 3. The zero-order valence-electron chi connectivity index (χ0n) is 13.5. The van der Waals surface area contributed by atoms with Gasteiger partial charge in [-0.05, 0) is 38.4 Å². The Morgan fingerprint density at radius 1 is 1.26 bits per heavy atom. The molecule has 6 nitrogen and oxygen atoms in total. The van der Waals surface area contributed by atoms with Crippen LogP contribution in [0.3, 0.4) is 0 Å². The molecule has 1 atom stereocenters. The van der Waals surface area contributed by atoms with Gasteiger partial charge < -0.3 is 10.6 Å². The molecule has 2 N–H and O–H groups in total. The van der Waals surface area contributed by atoms with E-state index in [0.717, 1.165) is 37.2 Å². The maximum absolute atomic E-state index is 12.7. The van der Waals surface area contributed by atoms with Gasteiger partial charge in [-0.1, -0.05) is 24.6 Å². The van der Waals surface area contributed by atoms with Gasteiger partial charge in [-0.2, -0.15) is 0 Å². The number of para-hydroxylation sites is 1. The van der Waals surface area contributed by atoms with E-state index in [1.807, 2.05) is 44.3 Å². The molecule has 0 saturated carbocycles. The van der Waals surface area contributed by atoms with Crippen LogP contribution in [0.15, 0.2) is 35.1 Å². The Kier molecular flexibility index (Phi) is 4.34. The van der Waals surface area contributed by atoms with Crippen LogP contribution in [-0.4, -0.2) is 27.9 Å². The van der Waals surface area contributed by atoms with Gasteiger partial charge >= 0.3 is 0 Å². The highest BCUT2D eigenvalue weighted by Crippen LogP contribution is 2.15. The van der Waals surface area contributed by atoms with Gasteiger partial charge in [-0.15, -0.1) is 0 Å². The minimum Gasteiger partial charge on any atom is -0.319 e. The summed E-state index contributed by atoms with van der Waals surface area (Å²) in [6, 6.07) is 9.20. The van der Waals surface area contributed by atoms with Crippen LogP contribution in [0.1, 0.15) is 25.0 Å². The summed E-state index contributed by atoms with van der Waals surface area (Å²) >= 11 is 0. The molecule has 1 aliphatic rings. The third-order valence-electron chi connectivity index (χ3n) is 4.43. The Hall–Kier alpha value is -2.34. The van der Waals surface area contributed by atoms with Crippen molar-refractivity contribution in [2.75, 3.05) is 11.9 Å². The summed E-state index contributed by atoms with van der Waals surface area (Å²) in [4.78, 5) is 25.1. The molecular formula is C17H22N4O2. The molecule has 3 rings (SSSR count). The van der Waals surface area contributed by atoms with Gasteiger partial charge in [0, 0.05) is 7.05 Å². The van der Waals surface area contributed by atoms with E-state index >= 15 is 0 Å². The molecule has 1 aromatic carbocycles. The molecular weight excluding hydrogens is 292 g/mol. The normalized spacial score (nSPS) is 17.9. The van der Waals surface area contributed by atoms with Gasteiger partial charge in [0.15, 0.2) is 0 Å². The van der Waals surface area contributed by atoms with Crippen molar-refractivity contribution in [2.24, 2.45) is 7.05 Å². The lowest BCUT2D eigenvalue weighted by atomic mass is 10.0. The van der Waals surface area contributed by atoms with E-state index in [-0.39, 0.29) is 17.5 Å². The molecule has 122 valence electrons. The Morgan fingerprint density at radius 2 is 2.00 bits per heavy atom. The second-order valence-electron chi connectivity index (χ2n) is 5.93.